The Morgan fingerprint density at radius 3 is 2.73 bits per heavy atom. The molecule has 2 unspecified atom stereocenters. The fourth-order valence-electron chi connectivity index (χ4n) is 1.61. The Labute approximate surface area is 73.1 Å². The van der Waals surface area contributed by atoms with Crippen molar-refractivity contribution in [1.82, 2.24) is 0 Å². The Morgan fingerprint density at radius 1 is 1.64 bits per heavy atom. The maximum atomic E-state index is 11.0. The molecule has 2 heteroatoms. The van der Waals surface area contributed by atoms with Crippen molar-refractivity contribution in [2.24, 2.45) is 17.8 Å². The Morgan fingerprint density at radius 2 is 2.27 bits per heavy atom. The van der Waals surface area contributed by atoms with Gasteiger partial charge in [0, 0.05) is 5.92 Å². The van der Waals surface area contributed by atoms with Crippen LogP contribution < -0.4 is 0 Å². The zero-order chi connectivity index (χ0) is 8.43. The highest BCUT2D eigenvalue weighted by Crippen LogP contribution is 2.43. The molecule has 0 radical (unpaired) electrons. The highest BCUT2D eigenvalue weighted by atomic mass is 35.5. The van der Waals surface area contributed by atoms with Gasteiger partial charge in [-0.25, -0.2) is 0 Å². The van der Waals surface area contributed by atoms with Crippen LogP contribution in [0.25, 0.3) is 0 Å². The molecule has 1 aliphatic carbocycles. The van der Waals surface area contributed by atoms with Crippen molar-refractivity contribution in [3.05, 3.63) is 0 Å². The van der Waals surface area contributed by atoms with Gasteiger partial charge in [0.1, 0.15) is 0 Å². The van der Waals surface area contributed by atoms with Crippen molar-refractivity contribution in [2.45, 2.75) is 26.7 Å². The molecule has 0 amide bonds. The minimum absolute atomic E-state index is 0.208. The van der Waals surface area contributed by atoms with Gasteiger partial charge in [-0.2, -0.15) is 0 Å². The van der Waals surface area contributed by atoms with Gasteiger partial charge >= 0.3 is 0 Å². The molecule has 1 nitrogen and oxygen atoms in total. The van der Waals surface area contributed by atoms with E-state index in [4.69, 9.17) is 11.6 Å². The summed E-state index contributed by atoms with van der Waals surface area (Å²) >= 11 is 5.44. The summed E-state index contributed by atoms with van der Waals surface area (Å²) in [5, 5.41) is 0. The maximum absolute atomic E-state index is 11.0. The SMILES string of the molecule is CC(C)CC1CC1C(=O)CCl. The summed E-state index contributed by atoms with van der Waals surface area (Å²) in [4.78, 5) is 11.0. The van der Waals surface area contributed by atoms with Crippen molar-refractivity contribution in [3.8, 4) is 0 Å². The number of alkyl halides is 1. The van der Waals surface area contributed by atoms with E-state index >= 15 is 0 Å². The normalized spacial score (nSPS) is 29.1. The van der Waals surface area contributed by atoms with Crippen LogP contribution in [0.1, 0.15) is 26.7 Å². The van der Waals surface area contributed by atoms with Gasteiger partial charge in [0.15, 0.2) is 5.78 Å². The number of halogens is 1. The zero-order valence-corrected chi connectivity index (χ0v) is 7.90. The third-order valence-electron chi connectivity index (χ3n) is 2.24. The average Bonchev–Trinajstić information content (AvgIpc) is 2.65. The minimum atomic E-state index is 0.208. The van der Waals surface area contributed by atoms with Crippen LogP contribution in [0.5, 0.6) is 0 Å². The van der Waals surface area contributed by atoms with E-state index in [2.05, 4.69) is 13.8 Å². The van der Waals surface area contributed by atoms with E-state index < -0.39 is 0 Å². The first kappa shape index (κ1) is 9.05. The number of ketones is 1. The molecular weight excluding hydrogens is 160 g/mol. The second kappa shape index (κ2) is 3.57. The van der Waals surface area contributed by atoms with E-state index in [1.54, 1.807) is 0 Å². The molecule has 0 aliphatic heterocycles. The van der Waals surface area contributed by atoms with Gasteiger partial charge in [-0.3, -0.25) is 4.79 Å². The van der Waals surface area contributed by atoms with Crippen LogP contribution >= 0.6 is 11.6 Å². The van der Waals surface area contributed by atoms with Crippen LogP contribution in [0.4, 0.5) is 0 Å². The van der Waals surface area contributed by atoms with E-state index in [9.17, 15) is 4.79 Å². The summed E-state index contributed by atoms with van der Waals surface area (Å²) in [6.45, 7) is 4.39. The standard InChI is InChI=1S/C9H15ClO/c1-6(2)3-7-4-8(7)9(11)5-10/h6-8H,3-5H2,1-2H3. The maximum Gasteiger partial charge on any atom is 0.150 e. The first-order chi connectivity index (χ1) is 5.15. The first-order valence-corrected chi connectivity index (χ1v) is 4.77. The van der Waals surface area contributed by atoms with E-state index in [0.29, 0.717) is 17.8 Å². The minimum Gasteiger partial charge on any atom is -0.298 e. The molecule has 11 heavy (non-hydrogen) atoms. The third kappa shape index (κ3) is 2.48. The van der Waals surface area contributed by atoms with Crippen LogP contribution in [-0.2, 0) is 4.79 Å². The molecule has 0 aromatic heterocycles. The quantitative estimate of drug-likeness (QED) is 0.599. The van der Waals surface area contributed by atoms with Crippen molar-refractivity contribution in [2.75, 3.05) is 5.88 Å². The van der Waals surface area contributed by atoms with Gasteiger partial charge < -0.3 is 0 Å². The second-order valence-corrected chi connectivity index (χ2v) is 4.10. The molecular formula is C9H15ClO. The van der Waals surface area contributed by atoms with Crippen molar-refractivity contribution >= 4 is 17.4 Å². The van der Waals surface area contributed by atoms with Crippen molar-refractivity contribution < 1.29 is 4.79 Å². The smallest absolute Gasteiger partial charge is 0.150 e. The Hall–Kier alpha value is -0.0400. The molecule has 0 saturated heterocycles. The lowest BCUT2D eigenvalue weighted by Crippen LogP contribution is -2.04. The molecule has 64 valence electrons. The highest BCUT2D eigenvalue weighted by Gasteiger charge is 2.41. The summed E-state index contributed by atoms with van der Waals surface area (Å²) in [5.41, 5.74) is 0. The van der Waals surface area contributed by atoms with Crippen LogP contribution in [0, 0.1) is 17.8 Å². The lowest BCUT2D eigenvalue weighted by atomic mass is 10.1. The molecule has 0 bridgehead atoms. The molecule has 0 heterocycles. The summed E-state index contributed by atoms with van der Waals surface area (Å²) in [6.07, 6.45) is 2.27. The average molecular weight is 175 g/mol. The van der Waals surface area contributed by atoms with Gasteiger partial charge in [-0.05, 0) is 24.7 Å². The van der Waals surface area contributed by atoms with E-state index in [0.717, 1.165) is 6.42 Å². The first-order valence-electron chi connectivity index (χ1n) is 4.23. The van der Waals surface area contributed by atoms with Crippen LogP contribution in [0.15, 0.2) is 0 Å². The van der Waals surface area contributed by atoms with E-state index in [1.165, 1.54) is 6.42 Å². The van der Waals surface area contributed by atoms with E-state index in [1.807, 2.05) is 0 Å². The summed E-state index contributed by atoms with van der Waals surface area (Å²) in [6, 6.07) is 0. The molecule has 1 saturated carbocycles. The summed E-state index contributed by atoms with van der Waals surface area (Å²) in [7, 11) is 0. The molecule has 0 N–H and O–H groups in total. The number of hydrogen-bond acceptors (Lipinski definition) is 1. The number of carbonyl (C=O) groups is 1. The van der Waals surface area contributed by atoms with Gasteiger partial charge in [-0.1, -0.05) is 13.8 Å². The van der Waals surface area contributed by atoms with Crippen molar-refractivity contribution in [3.63, 3.8) is 0 Å². The monoisotopic (exact) mass is 174 g/mol. The summed E-state index contributed by atoms with van der Waals surface area (Å²) in [5.74, 6) is 2.14. The number of rotatable bonds is 4. The Bertz CT molecular complexity index is 154. The van der Waals surface area contributed by atoms with Crippen LogP contribution in [0.3, 0.4) is 0 Å². The predicted octanol–water partition coefficient (Wildman–Crippen LogP) is 2.48. The number of carbonyl (C=O) groups excluding carboxylic acids is 1. The number of Topliss-reactive ketones (excluding diaryl/α,β-unsaturated/α-hetero) is 1. The fourth-order valence-corrected chi connectivity index (χ4v) is 1.81. The topological polar surface area (TPSA) is 17.1 Å². The molecule has 1 rings (SSSR count). The third-order valence-corrected chi connectivity index (χ3v) is 2.51. The molecule has 0 aromatic carbocycles. The molecule has 1 aliphatic rings. The Kier molecular flexibility index (Phi) is 2.94. The van der Waals surface area contributed by atoms with Crippen LogP contribution in [-0.4, -0.2) is 11.7 Å². The van der Waals surface area contributed by atoms with Gasteiger partial charge in [0.25, 0.3) is 0 Å². The predicted molar refractivity (Wildman–Crippen MR) is 46.8 cm³/mol. The van der Waals surface area contributed by atoms with Gasteiger partial charge in [-0.15, -0.1) is 11.6 Å². The van der Waals surface area contributed by atoms with Gasteiger partial charge in [0.2, 0.25) is 0 Å². The van der Waals surface area contributed by atoms with Crippen molar-refractivity contribution in [1.29, 1.82) is 0 Å². The fraction of sp³-hybridized carbons (Fsp3) is 0.889. The summed E-state index contributed by atoms with van der Waals surface area (Å²) < 4.78 is 0. The second-order valence-electron chi connectivity index (χ2n) is 3.83. The lowest BCUT2D eigenvalue weighted by molar-refractivity contribution is -0.118. The molecule has 0 spiro atoms. The highest BCUT2D eigenvalue weighted by molar-refractivity contribution is 6.28. The Balaban J connectivity index is 2.21. The molecule has 2 atom stereocenters. The molecule has 0 aromatic rings. The largest absolute Gasteiger partial charge is 0.298 e. The van der Waals surface area contributed by atoms with E-state index in [-0.39, 0.29) is 11.7 Å². The number of hydrogen-bond donors (Lipinski definition) is 0. The lowest BCUT2D eigenvalue weighted by Gasteiger charge is -2.01. The van der Waals surface area contributed by atoms with Gasteiger partial charge in [0.05, 0.1) is 5.88 Å². The van der Waals surface area contributed by atoms with Crippen LogP contribution in [0.2, 0.25) is 0 Å². The zero-order valence-electron chi connectivity index (χ0n) is 7.14. The molecule has 1 fully saturated rings.